The highest BCUT2D eigenvalue weighted by molar-refractivity contribution is 6.29. The van der Waals surface area contributed by atoms with Crippen molar-refractivity contribution in [2.24, 2.45) is 0 Å². The smallest absolute Gasteiger partial charge is 0.407 e. The molecule has 6 nitrogen and oxygen atoms in total. The van der Waals surface area contributed by atoms with Gasteiger partial charge in [0.2, 0.25) is 0 Å². The average Bonchev–Trinajstić information content (AvgIpc) is 2.53. The van der Waals surface area contributed by atoms with Crippen molar-refractivity contribution in [3.8, 4) is 0 Å². The Kier molecular flexibility index (Phi) is 5.94. The van der Waals surface area contributed by atoms with Gasteiger partial charge in [-0.25, -0.2) is 9.78 Å². The number of carbonyl (C=O) groups excluding carboxylic acids is 1. The number of benzene rings is 1. The minimum Gasteiger partial charge on any atom is -0.481 e. The van der Waals surface area contributed by atoms with E-state index in [2.05, 4.69) is 10.3 Å². The van der Waals surface area contributed by atoms with E-state index in [0.29, 0.717) is 5.56 Å². The van der Waals surface area contributed by atoms with Gasteiger partial charge in [-0.05, 0) is 17.2 Å². The van der Waals surface area contributed by atoms with E-state index >= 15 is 0 Å². The highest BCUT2D eigenvalue weighted by atomic mass is 35.5. The quantitative estimate of drug-likeness (QED) is 0.792. The van der Waals surface area contributed by atoms with E-state index in [9.17, 15) is 9.59 Å². The van der Waals surface area contributed by atoms with Gasteiger partial charge in [0.15, 0.2) is 0 Å². The summed E-state index contributed by atoms with van der Waals surface area (Å²) in [5, 5.41) is 11.8. The number of aliphatic carboxylic acids is 1. The normalized spacial score (nSPS) is 11.5. The van der Waals surface area contributed by atoms with Crippen LogP contribution in [0.5, 0.6) is 0 Å². The molecule has 0 aliphatic carbocycles. The second-order valence-electron chi connectivity index (χ2n) is 4.77. The van der Waals surface area contributed by atoms with Gasteiger partial charge in [0.1, 0.15) is 11.8 Å². The summed E-state index contributed by atoms with van der Waals surface area (Å²) < 4.78 is 5.10. The number of nitrogens with zero attached hydrogens (tertiary/aromatic N) is 1. The molecule has 120 valence electrons. The predicted molar refractivity (Wildman–Crippen MR) is 84.0 cm³/mol. The lowest BCUT2D eigenvalue weighted by atomic mass is 10.1. The van der Waals surface area contributed by atoms with E-state index in [1.165, 1.54) is 12.3 Å². The van der Waals surface area contributed by atoms with E-state index in [1.807, 2.05) is 30.3 Å². The Hall–Kier alpha value is -2.60. The number of amides is 1. The van der Waals surface area contributed by atoms with Crippen molar-refractivity contribution in [1.82, 2.24) is 10.3 Å². The first kappa shape index (κ1) is 16.8. The molecular weight excluding hydrogens is 320 g/mol. The molecule has 7 heteroatoms. The highest BCUT2D eigenvalue weighted by Gasteiger charge is 2.19. The molecule has 0 aliphatic rings. The molecule has 0 spiro atoms. The third-order valence-corrected chi connectivity index (χ3v) is 3.26. The molecule has 1 atom stereocenters. The summed E-state index contributed by atoms with van der Waals surface area (Å²) in [7, 11) is 0. The fourth-order valence-corrected chi connectivity index (χ4v) is 2.04. The van der Waals surface area contributed by atoms with E-state index in [1.54, 1.807) is 6.07 Å². The molecule has 1 aromatic carbocycles. The molecule has 1 heterocycles. The number of hydrogen-bond acceptors (Lipinski definition) is 4. The summed E-state index contributed by atoms with van der Waals surface area (Å²) in [4.78, 5) is 26.7. The van der Waals surface area contributed by atoms with Gasteiger partial charge in [-0.1, -0.05) is 48.0 Å². The van der Waals surface area contributed by atoms with Gasteiger partial charge < -0.3 is 15.2 Å². The number of ether oxygens (including phenoxy) is 1. The zero-order chi connectivity index (χ0) is 16.7. The SMILES string of the molecule is O=C(O)C[C@@H](NC(=O)OCc1ccccc1)c1ccc(Cl)nc1. The van der Waals surface area contributed by atoms with Crippen molar-refractivity contribution >= 4 is 23.7 Å². The van der Waals surface area contributed by atoms with Crippen LogP contribution in [-0.4, -0.2) is 22.2 Å². The minimum absolute atomic E-state index is 0.103. The minimum atomic E-state index is -1.05. The number of nitrogens with one attached hydrogen (secondary N) is 1. The van der Waals surface area contributed by atoms with Crippen LogP contribution < -0.4 is 5.32 Å². The fourth-order valence-electron chi connectivity index (χ4n) is 1.93. The van der Waals surface area contributed by atoms with Gasteiger partial charge in [-0.2, -0.15) is 0 Å². The number of carbonyl (C=O) groups is 2. The Bertz CT molecular complexity index is 662. The lowest BCUT2D eigenvalue weighted by Gasteiger charge is -2.17. The number of aromatic nitrogens is 1. The van der Waals surface area contributed by atoms with Crippen LogP contribution in [-0.2, 0) is 16.1 Å². The van der Waals surface area contributed by atoms with Crippen LogP contribution in [0.3, 0.4) is 0 Å². The molecule has 0 saturated heterocycles. The Morgan fingerprint density at radius 2 is 1.96 bits per heavy atom. The number of carboxylic acid groups (broad SMARTS) is 1. The Labute approximate surface area is 138 Å². The standard InChI is InChI=1S/C16H15ClN2O4/c17-14-7-6-12(9-18-14)13(8-15(20)21)19-16(22)23-10-11-4-2-1-3-5-11/h1-7,9,13H,8,10H2,(H,19,22)(H,20,21)/t13-/m1/s1. The zero-order valence-electron chi connectivity index (χ0n) is 12.1. The van der Waals surface area contributed by atoms with Gasteiger partial charge >= 0.3 is 12.1 Å². The number of hydrogen-bond donors (Lipinski definition) is 2. The van der Waals surface area contributed by atoms with Crippen LogP contribution in [0.4, 0.5) is 4.79 Å². The zero-order valence-corrected chi connectivity index (χ0v) is 12.9. The van der Waals surface area contributed by atoms with Gasteiger partial charge in [0.05, 0.1) is 12.5 Å². The second kappa shape index (κ2) is 8.14. The molecule has 0 unspecified atom stereocenters. The van der Waals surface area contributed by atoms with E-state index in [4.69, 9.17) is 21.4 Å². The van der Waals surface area contributed by atoms with Crippen molar-refractivity contribution in [1.29, 1.82) is 0 Å². The number of rotatable bonds is 6. The maximum absolute atomic E-state index is 11.9. The van der Waals surface area contributed by atoms with Gasteiger partial charge in [0.25, 0.3) is 0 Å². The molecule has 0 radical (unpaired) electrons. The molecule has 0 bridgehead atoms. The lowest BCUT2D eigenvalue weighted by molar-refractivity contribution is -0.137. The van der Waals surface area contributed by atoms with Crippen molar-refractivity contribution in [3.05, 3.63) is 64.9 Å². The average molecular weight is 335 g/mol. The fraction of sp³-hybridized carbons (Fsp3) is 0.188. The molecule has 0 saturated carbocycles. The first-order valence-corrected chi connectivity index (χ1v) is 7.23. The third-order valence-electron chi connectivity index (χ3n) is 3.04. The van der Waals surface area contributed by atoms with Crippen LogP contribution in [0, 0.1) is 0 Å². The number of carboxylic acids is 1. The summed E-state index contributed by atoms with van der Waals surface area (Å²) >= 11 is 5.71. The maximum atomic E-state index is 11.9. The largest absolute Gasteiger partial charge is 0.481 e. The summed E-state index contributed by atoms with van der Waals surface area (Å²) in [6.45, 7) is 0.103. The van der Waals surface area contributed by atoms with Crippen molar-refractivity contribution < 1.29 is 19.4 Å². The third kappa shape index (κ3) is 5.60. The first-order valence-electron chi connectivity index (χ1n) is 6.85. The summed E-state index contributed by atoms with van der Waals surface area (Å²) in [6, 6.07) is 11.6. The van der Waals surface area contributed by atoms with Crippen molar-refractivity contribution in [2.75, 3.05) is 0 Å². The lowest BCUT2D eigenvalue weighted by Crippen LogP contribution is -2.30. The Morgan fingerprint density at radius 1 is 1.22 bits per heavy atom. The Balaban J connectivity index is 1.98. The molecule has 2 aromatic rings. The molecule has 23 heavy (non-hydrogen) atoms. The molecular formula is C16H15ClN2O4. The number of halogens is 1. The Morgan fingerprint density at radius 3 is 2.57 bits per heavy atom. The highest BCUT2D eigenvalue weighted by Crippen LogP contribution is 2.18. The molecule has 1 amide bonds. The van der Waals surface area contributed by atoms with Crippen LogP contribution >= 0.6 is 11.6 Å². The summed E-state index contributed by atoms with van der Waals surface area (Å²) in [6.07, 6.45) is 0.437. The topological polar surface area (TPSA) is 88.5 Å². The van der Waals surface area contributed by atoms with Gasteiger partial charge in [-0.15, -0.1) is 0 Å². The van der Waals surface area contributed by atoms with E-state index in [0.717, 1.165) is 5.56 Å². The number of pyridine rings is 1. The van der Waals surface area contributed by atoms with Crippen molar-refractivity contribution in [2.45, 2.75) is 19.1 Å². The van der Waals surface area contributed by atoms with E-state index < -0.39 is 18.1 Å². The summed E-state index contributed by atoms with van der Waals surface area (Å²) in [5.41, 5.74) is 1.37. The van der Waals surface area contributed by atoms with Crippen LogP contribution in [0.2, 0.25) is 5.15 Å². The predicted octanol–water partition coefficient (Wildman–Crippen LogP) is 3.18. The van der Waals surface area contributed by atoms with Gasteiger partial charge in [-0.3, -0.25) is 4.79 Å². The van der Waals surface area contributed by atoms with Crippen LogP contribution in [0.25, 0.3) is 0 Å². The first-order chi connectivity index (χ1) is 11.0. The second-order valence-corrected chi connectivity index (χ2v) is 5.16. The molecule has 0 aliphatic heterocycles. The number of alkyl carbamates (subject to hydrolysis) is 1. The summed E-state index contributed by atoms with van der Waals surface area (Å²) in [5.74, 6) is -1.05. The van der Waals surface area contributed by atoms with Gasteiger partial charge in [0, 0.05) is 6.20 Å². The monoisotopic (exact) mass is 334 g/mol. The van der Waals surface area contributed by atoms with Crippen molar-refractivity contribution in [3.63, 3.8) is 0 Å². The molecule has 2 rings (SSSR count). The molecule has 0 fully saturated rings. The van der Waals surface area contributed by atoms with E-state index in [-0.39, 0.29) is 18.2 Å². The van der Waals surface area contributed by atoms with Crippen LogP contribution in [0.15, 0.2) is 48.7 Å². The molecule has 1 aromatic heterocycles. The maximum Gasteiger partial charge on any atom is 0.407 e. The van der Waals surface area contributed by atoms with Crippen LogP contribution in [0.1, 0.15) is 23.6 Å². The molecule has 2 N–H and O–H groups in total.